The number of rotatable bonds is 1. The molecular formula is C23H15ClO3. The maximum Gasteiger partial charge on any atom is 0.237 e. The second kappa shape index (κ2) is 6.98. The van der Waals surface area contributed by atoms with Crippen LogP contribution in [0.15, 0.2) is 48.0 Å². The fourth-order valence-electron chi connectivity index (χ4n) is 3.48. The number of fused-ring (bicyclic) bond motifs is 2. The summed E-state index contributed by atoms with van der Waals surface area (Å²) in [6.07, 6.45) is 6.13. The van der Waals surface area contributed by atoms with Gasteiger partial charge in [0.25, 0.3) is 0 Å². The molecule has 4 rings (SSSR count). The van der Waals surface area contributed by atoms with Crippen LogP contribution < -0.4 is 0 Å². The van der Waals surface area contributed by atoms with Crippen molar-refractivity contribution in [1.82, 2.24) is 0 Å². The maximum absolute atomic E-state index is 12.9. The Labute approximate surface area is 162 Å². The number of Topliss-reactive ketones (excluding diaryl/α,β-unsaturated/α-hetero) is 1. The van der Waals surface area contributed by atoms with Gasteiger partial charge in [-0.15, -0.1) is 0 Å². The molecule has 3 nitrogen and oxygen atoms in total. The van der Waals surface area contributed by atoms with Crippen LogP contribution in [-0.2, 0) is 0 Å². The Kier molecular flexibility index (Phi) is 4.51. The third-order valence-electron chi connectivity index (χ3n) is 4.90. The number of carbonyl (C=O) groups excluding carboxylic acids is 3. The van der Waals surface area contributed by atoms with Gasteiger partial charge < -0.3 is 0 Å². The summed E-state index contributed by atoms with van der Waals surface area (Å²) in [5.41, 5.74) is 2.09. The van der Waals surface area contributed by atoms with Crippen molar-refractivity contribution in [3.05, 3.63) is 80.9 Å². The summed E-state index contributed by atoms with van der Waals surface area (Å²) in [7, 11) is 0. The highest BCUT2D eigenvalue weighted by Crippen LogP contribution is 2.34. The summed E-state index contributed by atoms with van der Waals surface area (Å²) in [6.45, 7) is 0. The molecule has 0 heterocycles. The summed E-state index contributed by atoms with van der Waals surface area (Å²) in [5.74, 6) is 4.48. The van der Waals surface area contributed by atoms with Crippen LogP contribution in [0.2, 0.25) is 5.02 Å². The molecular weight excluding hydrogens is 360 g/mol. The molecule has 0 amide bonds. The minimum absolute atomic E-state index is 0.00252. The van der Waals surface area contributed by atoms with Crippen molar-refractivity contribution in [3.8, 4) is 11.8 Å². The first kappa shape index (κ1) is 17.5. The van der Waals surface area contributed by atoms with Gasteiger partial charge in [0.1, 0.15) is 0 Å². The zero-order chi connectivity index (χ0) is 19.0. The zero-order valence-corrected chi connectivity index (χ0v) is 15.2. The molecule has 0 fully saturated rings. The van der Waals surface area contributed by atoms with E-state index in [9.17, 15) is 14.4 Å². The third kappa shape index (κ3) is 3.03. The number of hydrogen-bond donors (Lipinski definition) is 0. The van der Waals surface area contributed by atoms with Gasteiger partial charge in [0.05, 0.1) is 16.1 Å². The fraction of sp³-hybridized carbons (Fsp3) is 0.174. The van der Waals surface area contributed by atoms with Crippen molar-refractivity contribution in [2.45, 2.75) is 25.7 Å². The highest BCUT2D eigenvalue weighted by molar-refractivity contribution is 6.42. The van der Waals surface area contributed by atoms with E-state index < -0.39 is 5.78 Å². The van der Waals surface area contributed by atoms with Crippen molar-refractivity contribution in [1.29, 1.82) is 0 Å². The van der Waals surface area contributed by atoms with Crippen LogP contribution >= 0.6 is 11.6 Å². The molecule has 2 aromatic rings. The van der Waals surface area contributed by atoms with Gasteiger partial charge in [-0.05, 0) is 49.3 Å². The van der Waals surface area contributed by atoms with Crippen molar-refractivity contribution >= 4 is 29.0 Å². The van der Waals surface area contributed by atoms with E-state index in [2.05, 4.69) is 17.9 Å². The second-order valence-electron chi connectivity index (χ2n) is 6.61. The predicted molar refractivity (Wildman–Crippen MR) is 103 cm³/mol. The second-order valence-corrected chi connectivity index (χ2v) is 6.99. The summed E-state index contributed by atoms with van der Waals surface area (Å²) in [4.78, 5) is 38.1. The van der Waals surface area contributed by atoms with E-state index in [4.69, 9.17) is 11.6 Å². The minimum Gasteiger partial charge on any atom is -0.289 e. The Balaban J connectivity index is 1.75. The molecule has 132 valence electrons. The van der Waals surface area contributed by atoms with E-state index in [1.54, 1.807) is 24.3 Å². The molecule has 0 aliphatic heterocycles. The van der Waals surface area contributed by atoms with Gasteiger partial charge in [0, 0.05) is 16.7 Å². The normalized spacial score (nSPS) is 15.2. The lowest BCUT2D eigenvalue weighted by Gasteiger charge is -2.19. The Morgan fingerprint density at radius 2 is 1.67 bits per heavy atom. The Hall–Kier alpha value is -2.96. The largest absolute Gasteiger partial charge is 0.289 e. The van der Waals surface area contributed by atoms with Gasteiger partial charge in [-0.3, -0.25) is 14.4 Å². The van der Waals surface area contributed by atoms with E-state index in [1.807, 2.05) is 0 Å². The van der Waals surface area contributed by atoms with Crippen LogP contribution in [0.4, 0.5) is 0 Å². The molecule has 4 heteroatoms. The number of benzene rings is 2. The first-order valence-corrected chi connectivity index (χ1v) is 9.22. The van der Waals surface area contributed by atoms with E-state index in [1.165, 1.54) is 12.1 Å². The molecule has 0 atom stereocenters. The maximum atomic E-state index is 12.9. The molecule has 0 unspecified atom stereocenters. The van der Waals surface area contributed by atoms with E-state index in [-0.39, 0.29) is 33.3 Å². The molecule has 0 N–H and O–H groups in total. The van der Waals surface area contributed by atoms with Gasteiger partial charge in [0.2, 0.25) is 5.78 Å². The molecule has 0 aromatic heterocycles. The third-order valence-corrected chi connectivity index (χ3v) is 5.29. The lowest BCUT2D eigenvalue weighted by molar-refractivity contribution is 0.0978. The molecule has 0 spiro atoms. The van der Waals surface area contributed by atoms with Crippen LogP contribution in [0.3, 0.4) is 0 Å². The van der Waals surface area contributed by atoms with Crippen LogP contribution in [0.25, 0.3) is 0 Å². The van der Waals surface area contributed by atoms with Crippen molar-refractivity contribution in [2.24, 2.45) is 0 Å². The van der Waals surface area contributed by atoms with Crippen molar-refractivity contribution in [2.75, 3.05) is 0 Å². The Morgan fingerprint density at radius 1 is 0.926 bits per heavy atom. The first-order chi connectivity index (χ1) is 13.1. The number of allylic oxidation sites excluding steroid dienone is 2. The quantitative estimate of drug-likeness (QED) is 0.349. The number of ketones is 3. The highest BCUT2D eigenvalue weighted by atomic mass is 35.5. The zero-order valence-electron chi connectivity index (χ0n) is 14.5. The molecule has 2 aromatic carbocycles. The summed E-state index contributed by atoms with van der Waals surface area (Å²) in [5, 5.41) is -0.00252. The van der Waals surface area contributed by atoms with Gasteiger partial charge in [-0.1, -0.05) is 47.9 Å². The average molecular weight is 375 g/mol. The van der Waals surface area contributed by atoms with Crippen LogP contribution in [-0.4, -0.2) is 17.3 Å². The lowest BCUT2D eigenvalue weighted by atomic mass is 9.83. The fourth-order valence-corrected chi connectivity index (χ4v) is 3.81. The molecule has 0 saturated heterocycles. The molecule has 0 saturated carbocycles. The van der Waals surface area contributed by atoms with Crippen LogP contribution in [0, 0.1) is 11.8 Å². The number of halogens is 1. The number of hydrogen-bond acceptors (Lipinski definition) is 3. The van der Waals surface area contributed by atoms with E-state index >= 15 is 0 Å². The topological polar surface area (TPSA) is 51.2 Å². The molecule has 0 bridgehead atoms. The van der Waals surface area contributed by atoms with Crippen LogP contribution in [0.5, 0.6) is 0 Å². The summed E-state index contributed by atoms with van der Waals surface area (Å²) < 4.78 is 0. The molecule has 27 heavy (non-hydrogen) atoms. The average Bonchev–Trinajstić information content (AvgIpc) is 2.71. The summed E-state index contributed by atoms with van der Waals surface area (Å²) in [6, 6.07) is 9.59. The van der Waals surface area contributed by atoms with Crippen LogP contribution in [0.1, 0.15) is 67.9 Å². The summed E-state index contributed by atoms with van der Waals surface area (Å²) >= 11 is 6.39. The minimum atomic E-state index is -0.451. The Bertz CT molecular complexity index is 1100. The van der Waals surface area contributed by atoms with Gasteiger partial charge in [0.15, 0.2) is 11.6 Å². The van der Waals surface area contributed by atoms with E-state index in [0.29, 0.717) is 11.1 Å². The van der Waals surface area contributed by atoms with Gasteiger partial charge in [-0.2, -0.15) is 0 Å². The SMILES string of the molecule is O=C(C#CC1=CCCCC1)c1ccc2c(c1Cl)C(=O)c1ccccc1C2=O. The standard InChI is InChI=1S/C23H15ClO3/c24-21-17(19(25)13-10-14-6-2-1-3-7-14)11-12-18-20(21)23(27)16-9-5-4-8-15(16)22(18)26/h4-6,8-9,11-12H,1-3,7H2. The van der Waals surface area contributed by atoms with Crippen molar-refractivity contribution < 1.29 is 14.4 Å². The first-order valence-electron chi connectivity index (χ1n) is 8.84. The van der Waals surface area contributed by atoms with Gasteiger partial charge in [-0.25, -0.2) is 0 Å². The monoisotopic (exact) mass is 374 g/mol. The molecule has 2 aliphatic rings. The molecule has 2 aliphatic carbocycles. The lowest BCUT2D eigenvalue weighted by Crippen LogP contribution is -2.22. The molecule has 0 radical (unpaired) electrons. The predicted octanol–water partition coefficient (Wildman–Crippen LogP) is 4.80. The van der Waals surface area contributed by atoms with Gasteiger partial charge >= 0.3 is 0 Å². The van der Waals surface area contributed by atoms with E-state index in [0.717, 1.165) is 31.3 Å². The smallest absolute Gasteiger partial charge is 0.237 e. The Morgan fingerprint density at radius 3 is 2.37 bits per heavy atom. The van der Waals surface area contributed by atoms with Crippen molar-refractivity contribution in [3.63, 3.8) is 0 Å². The number of carbonyl (C=O) groups is 3. The highest BCUT2D eigenvalue weighted by Gasteiger charge is 2.32.